The van der Waals surface area contributed by atoms with E-state index in [1.165, 1.54) is 6.33 Å². The Morgan fingerprint density at radius 2 is 2.27 bits per heavy atom. The highest BCUT2D eigenvalue weighted by molar-refractivity contribution is 5.81. The third-order valence-electron chi connectivity index (χ3n) is 4.28. The fraction of sp³-hybridized carbons (Fsp3) is 0.615. The van der Waals surface area contributed by atoms with Gasteiger partial charge in [-0.15, -0.1) is 0 Å². The van der Waals surface area contributed by atoms with E-state index in [1.54, 1.807) is 25.1 Å². The first-order valence-electron chi connectivity index (χ1n) is 6.94. The van der Waals surface area contributed by atoms with Crippen molar-refractivity contribution < 1.29 is 18.9 Å². The number of ether oxygens (including phenoxy) is 4. The summed E-state index contributed by atoms with van der Waals surface area (Å²) in [7, 11) is 3.28. The van der Waals surface area contributed by atoms with Crippen LogP contribution in [0.25, 0.3) is 11.2 Å². The number of nitrogens with zero attached hydrogens (tertiary/aromatic N) is 4. The number of hydrogen-bond acceptors (Lipinski definition) is 8. The van der Waals surface area contributed by atoms with E-state index in [1.807, 2.05) is 0 Å². The van der Waals surface area contributed by atoms with E-state index in [0.717, 1.165) is 0 Å². The van der Waals surface area contributed by atoms with Crippen molar-refractivity contribution >= 4 is 17.0 Å². The lowest BCUT2D eigenvalue weighted by molar-refractivity contribution is -0.189. The molecule has 2 aliphatic heterocycles. The van der Waals surface area contributed by atoms with Crippen LogP contribution < -0.4 is 5.73 Å². The maximum absolute atomic E-state index is 6.23. The summed E-state index contributed by atoms with van der Waals surface area (Å²) in [5, 5.41) is 0. The molecule has 1 unspecified atom stereocenters. The van der Waals surface area contributed by atoms with E-state index in [2.05, 4.69) is 15.0 Å². The van der Waals surface area contributed by atoms with Crippen molar-refractivity contribution in [2.45, 2.75) is 24.0 Å². The van der Waals surface area contributed by atoms with Crippen molar-refractivity contribution in [3.05, 3.63) is 12.7 Å². The highest BCUT2D eigenvalue weighted by atomic mass is 16.7. The summed E-state index contributed by atoms with van der Waals surface area (Å²) in [6, 6.07) is 0. The Balaban J connectivity index is 1.76. The van der Waals surface area contributed by atoms with E-state index >= 15 is 0 Å². The number of rotatable bonds is 4. The van der Waals surface area contributed by atoms with Gasteiger partial charge in [0.2, 0.25) is 0 Å². The van der Waals surface area contributed by atoms with Gasteiger partial charge in [-0.05, 0) is 0 Å². The third kappa shape index (κ3) is 1.70. The first kappa shape index (κ1) is 13.8. The van der Waals surface area contributed by atoms with Gasteiger partial charge in [0.05, 0.1) is 19.5 Å². The van der Waals surface area contributed by atoms with Gasteiger partial charge in [0, 0.05) is 14.2 Å². The molecule has 2 saturated heterocycles. The van der Waals surface area contributed by atoms with Crippen molar-refractivity contribution in [3.8, 4) is 0 Å². The molecule has 0 aliphatic carbocycles. The second-order valence-electron chi connectivity index (χ2n) is 5.52. The minimum absolute atomic E-state index is 0.214. The summed E-state index contributed by atoms with van der Waals surface area (Å²) < 4.78 is 24.8. The van der Waals surface area contributed by atoms with Crippen LogP contribution in [-0.4, -0.2) is 64.8 Å². The molecule has 2 N–H and O–H groups in total. The summed E-state index contributed by atoms with van der Waals surface area (Å²) in [5.74, 6) is 0.336. The lowest BCUT2D eigenvalue weighted by Crippen LogP contribution is -2.45. The number of aromatic nitrogens is 4. The fourth-order valence-electron chi connectivity index (χ4n) is 3.37. The van der Waals surface area contributed by atoms with Crippen molar-refractivity contribution in [1.82, 2.24) is 19.5 Å². The van der Waals surface area contributed by atoms with Gasteiger partial charge in [-0.1, -0.05) is 0 Å². The monoisotopic (exact) mass is 307 g/mol. The van der Waals surface area contributed by atoms with Gasteiger partial charge in [-0.2, -0.15) is 0 Å². The Bertz CT molecular complexity index is 707. The smallest absolute Gasteiger partial charge is 0.167 e. The summed E-state index contributed by atoms with van der Waals surface area (Å²) in [6.07, 6.45) is 2.18. The molecule has 4 heterocycles. The summed E-state index contributed by atoms with van der Waals surface area (Å²) in [6.45, 7) is 0.826. The van der Waals surface area contributed by atoms with Crippen LogP contribution in [0.2, 0.25) is 0 Å². The molecular formula is C13H17N5O4. The molecular weight excluding hydrogens is 290 g/mol. The molecule has 0 spiro atoms. The average Bonchev–Trinajstić information content (AvgIpc) is 3.16. The maximum Gasteiger partial charge on any atom is 0.167 e. The Kier molecular flexibility index (Phi) is 3.05. The summed E-state index contributed by atoms with van der Waals surface area (Å²) >= 11 is 0. The van der Waals surface area contributed by atoms with Gasteiger partial charge in [0.15, 0.2) is 17.7 Å². The second kappa shape index (κ2) is 4.85. The largest absolute Gasteiger partial charge is 0.382 e. The quantitative estimate of drug-likeness (QED) is 0.823. The first-order valence-corrected chi connectivity index (χ1v) is 6.94. The number of nitrogen functional groups attached to an aromatic ring is 1. The molecule has 2 aliphatic rings. The number of nitrogens with two attached hydrogens (primary N) is 1. The van der Waals surface area contributed by atoms with E-state index < -0.39 is 11.8 Å². The summed E-state index contributed by atoms with van der Waals surface area (Å²) in [4.78, 5) is 12.5. The number of hydrogen-bond donors (Lipinski definition) is 1. The Hall–Kier alpha value is -1.81. The lowest BCUT2D eigenvalue weighted by Gasteiger charge is -2.30. The minimum atomic E-state index is -0.617. The number of anilines is 1. The van der Waals surface area contributed by atoms with Gasteiger partial charge < -0.3 is 24.7 Å². The van der Waals surface area contributed by atoms with Crippen LogP contribution in [0.5, 0.6) is 0 Å². The number of methoxy groups -OCH3 is 2. The van der Waals surface area contributed by atoms with Crippen LogP contribution in [-0.2, 0) is 18.9 Å². The van der Waals surface area contributed by atoms with Crippen LogP contribution in [0.15, 0.2) is 12.7 Å². The molecule has 9 heteroatoms. The van der Waals surface area contributed by atoms with Crippen LogP contribution in [0, 0.1) is 0 Å². The van der Waals surface area contributed by atoms with Crippen LogP contribution in [0.4, 0.5) is 5.82 Å². The van der Waals surface area contributed by atoms with Gasteiger partial charge in [0.1, 0.15) is 29.7 Å². The normalized spacial score (nSPS) is 33.8. The van der Waals surface area contributed by atoms with Gasteiger partial charge >= 0.3 is 0 Å². The topological polar surface area (TPSA) is 107 Å². The molecule has 0 radical (unpaired) electrons. The Morgan fingerprint density at radius 3 is 3.05 bits per heavy atom. The van der Waals surface area contributed by atoms with E-state index in [0.29, 0.717) is 30.2 Å². The molecule has 4 atom stereocenters. The molecule has 2 aromatic rings. The Labute approximate surface area is 126 Å². The molecule has 2 bridgehead atoms. The molecule has 22 heavy (non-hydrogen) atoms. The molecule has 118 valence electrons. The predicted molar refractivity (Wildman–Crippen MR) is 75.0 cm³/mol. The number of imidazole rings is 1. The standard InChI is InChI=1S/C13H17N5O4/c1-19-3-13-4-21-8(9(13)20-2)12(22-13)18-6-17-7-10(14)15-5-16-11(7)18/h5-6,8-9,12H,3-4H2,1-2H3,(H2,14,15,16)/t8-,9?,12+,13-/m0/s1. The van der Waals surface area contributed by atoms with E-state index in [9.17, 15) is 0 Å². The van der Waals surface area contributed by atoms with Crippen LogP contribution in [0.3, 0.4) is 0 Å². The highest BCUT2D eigenvalue weighted by Crippen LogP contribution is 2.47. The molecule has 4 rings (SSSR count). The molecule has 0 amide bonds. The van der Waals surface area contributed by atoms with Gasteiger partial charge in [-0.3, -0.25) is 4.57 Å². The van der Waals surface area contributed by atoms with Crippen LogP contribution in [0.1, 0.15) is 6.23 Å². The number of fused-ring (bicyclic) bond motifs is 3. The van der Waals surface area contributed by atoms with Gasteiger partial charge in [-0.25, -0.2) is 15.0 Å². The summed E-state index contributed by atoms with van der Waals surface area (Å²) in [5.41, 5.74) is 6.36. The molecule has 9 nitrogen and oxygen atoms in total. The SMILES string of the molecule is COC[C@]12CO[C@@H](C1OC)[C@H](n1cnc3c(N)ncnc31)O2. The molecule has 2 fully saturated rings. The molecule has 2 aromatic heterocycles. The lowest BCUT2D eigenvalue weighted by atomic mass is 10.0. The first-order chi connectivity index (χ1) is 10.7. The maximum atomic E-state index is 6.23. The van der Waals surface area contributed by atoms with E-state index in [-0.39, 0.29) is 12.2 Å². The zero-order valence-corrected chi connectivity index (χ0v) is 12.3. The zero-order valence-electron chi connectivity index (χ0n) is 12.3. The van der Waals surface area contributed by atoms with Crippen molar-refractivity contribution in [3.63, 3.8) is 0 Å². The average molecular weight is 307 g/mol. The highest BCUT2D eigenvalue weighted by Gasteiger charge is 2.63. The molecule has 0 aromatic carbocycles. The van der Waals surface area contributed by atoms with Crippen LogP contribution >= 0.6 is 0 Å². The van der Waals surface area contributed by atoms with Crippen molar-refractivity contribution in [2.75, 3.05) is 33.2 Å². The predicted octanol–water partition coefficient (Wildman–Crippen LogP) is -0.264. The fourth-order valence-corrected chi connectivity index (χ4v) is 3.37. The Morgan fingerprint density at radius 1 is 1.41 bits per heavy atom. The van der Waals surface area contributed by atoms with Gasteiger partial charge in [0.25, 0.3) is 0 Å². The second-order valence-corrected chi connectivity index (χ2v) is 5.52. The van der Waals surface area contributed by atoms with E-state index in [4.69, 9.17) is 24.7 Å². The molecule has 0 saturated carbocycles. The zero-order chi connectivity index (χ0) is 15.3. The minimum Gasteiger partial charge on any atom is -0.382 e. The van der Waals surface area contributed by atoms with Crippen molar-refractivity contribution in [1.29, 1.82) is 0 Å². The third-order valence-corrected chi connectivity index (χ3v) is 4.28. The van der Waals surface area contributed by atoms with Crippen molar-refractivity contribution in [2.24, 2.45) is 0 Å².